The Labute approximate surface area is 314 Å². The number of para-hydroxylation sites is 2. The summed E-state index contributed by atoms with van der Waals surface area (Å²) in [5, 5.41) is 4.62. The highest BCUT2D eigenvalue weighted by Crippen LogP contribution is 2.47. The van der Waals surface area contributed by atoms with E-state index in [1.165, 1.54) is 27.6 Å². The van der Waals surface area contributed by atoms with Gasteiger partial charge in [0.2, 0.25) is 0 Å². The van der Waals surface area contributed by atoms with Crippen molar-refractivity contribution in [1.82, 2.24) is 0 Å². The Morgan fingerprint density at radius 2 is 0.889 bits per heavy atom. The van der Waals surface area contributed by atoms with E-state index in [1.807, 2.05) is 6.07 Å². The van der Waals surface area contributed by atoms with E-state index in [9.17, 15) is 0 Å². The largest absolute Gasteiger partial charge is 0.456 e. The minimum Gasteiger partial charge on any atom is -0.456 e. The average molecular weight is 690 g/mol. The fourth-order valence-corrected chi connectivity index (χ4v) is 7.90. The predicted molar refractivity (Wildman–Crippen MR) is 228 cm³/mol. The number of hydrogen-bond acceptors (Lipinski definition) is 2. The van der Waals surface area contributed by atoms with Gasteiger partial charge in [-0.15, -0.1) is 0 Å². The van der Waals surface area contributed by atoms with Crippen molar-refractivity contribution in [2.45, 2.75) is 0 Å². The first-order valence-electron chi connectivity index (χ1n) is 18.4. The normalized spacial score (nSPS) is 11.3. The topological polar surface area (TPSA) is 16.4 Å². The number of rotatable bonds is 7. The lowest BCUT2D eigenvalue weighted by Crippen LogP contribution is -2.11. The van der Waals surface area contributed by atoms with Gasteiger partial charge in [-0.1, -0.05) is 164 Å². The van der Waals surface area contributed by atoms with Gasteiger partial charge in [-0.05, 0) is 92.7 Å². The average Bonchev–Trinajstić information content (AvgIpc) is 3.62. The van der Waals surface area contributed by atoms with Crippen LogP contribution in [0.4, 0.5) is 17.1 Å². The molecule has 0 bridgehead atoms. The third-order valence-corrected chi connectivity index (χ3v) is 10.4. The van der Waals surface area contributed by atoms with E-state index in [0.717, 1.165) is 66.6 Å². The molecule has 0 radical (unpaired) electrons. The lowest BCUT2D eigenvalue weighted by atomic mass is 9.90. The molecule has 9 aromatic carbocycles. The van der Waals surface area contributed by atoms with Gasteiger partial charge in [0.25, 0.3) is 0 Å². The molecule has 254 valence electrons. The van der Waals surface area contributed by atoms with Gasteiger partial charge < -0.3 is 9.32 Å². The van der Waals surface area contributed by atoms with E-state index >= 15 is 0 Å². The molecule has 0 aliphatic rings. The van der Waals surface area contributed by atoms with Crippen LogP contribution in [0.5, 0.6) is 0 Å². The summed E-state index contributed by atoms with van der Waals surface area (Å²) >= 11 is 0. The van der Waals surface area contributed by atoms with Crippen LogP contribution in [-0.4, -0.2) is 0 Å². The van der Waals surface area contributed by atoms with Crippen molar-refractivity contribution in [3.8, 4) is 44.5 Å². The van der Waals surface area contributed by atoms with Crippen LogP contribution in [0.25, 0.3) is 77.2 Å². The van der Waals surface area contributed by atoms with Gasteiger partial charge in [0.05, 0.1) is 5.69 Å². The maximum absolute atomic E-state index is 6.48. The van der Waals surface area contributed by atoms with Crippen molar-refractivity contribution in [3.05, 3.63) is 212 Å². The second-order valence-corrected chi connectivity index (χ2v) is 13.7. The number of hydrogen-bond donors (Lipinski definition) is 0. The highest BCUT2D eigenvalue weighted by Gasteiger charge is 2.21. The summed E-state index contributed by atoms with van der Waals surface area (Å²) in [5.74, 6) is 0. The number of anilines is 3. The van der Waals surface area contributed by atoms with Gasteiger partial charge in [-0.2, -0.15) is 0 Å². The lowest BCUT2D eigenvalue weighted by Gasteiger charge is -2.29. The summed E-state index contributed by atoms with van der Waals surface area (Å²) < 4.78 is 6.48. The zero-order valence-electron chi connectivity index (χ0n) is 29.6. The van der Waals surface area contributed by atoms with Gasteiger partial charge in [0.15, 0.2) is 0 Å². The summed E-state index contributed by atoms with van der Waals surface area (Å²) in [7, 11) is 0. The SMILES string of the molecule is c1ccc(-c2ccc(-c3cccc(N(c4ccccc4)c4ccc(-c5c6ccccc6cc6oc7ccccc7c56)cc4-c4ccccc4)c3)cc2)cc1. The fourth-order valence-electron chi connectivity index (χ4n) is 7.90. The molecule has 1 heterocycles. The molecule has 0 atom stereocenters. The third kappa shape index (κ3) is 5.62. The summed E-state index contributed by atoms with van der Waals surface area (Å²) in [4.78, 5) is 2.39. The number of fused-ring (bicyclic) bond motifs is 4. The summed E-state index contributed by atoms with van der Waals surface area (Å²) in [5.41, 5.74) is 14.5. The summed E-state index contributed by atoms with van der Waals surface area (Å²) in [6.07, 6.45) is 0. The maximum Gasteiger partial charge on any atom is 0.136 e. The monoisotopic (exact) mass is 689 g/mol. The predicted octanol–water partition coefficient (Wildman–Crippen LogP) is 14.9. The van der Waals surface area contributed by atoms with Crippen molar-refractivity contribution in [2.24, 2.45) is 0 Å². The molecule has 2 nitrogen and oxygen atoms in total. The Morgan fingerprint density at radius 1 is 0.333 bits per heavy atom. The van der Waals surface area contributed by atoms with Crippen LogP contribution in [0.3, 0.4) is 0 Å². The Morgan fingerprint density at radius 3 is 1.65 bits per heavy atom. The van der Waals surface area contributed by atoms with Crippen LogP contribution < -0.4 is 4.90 Å². The first kappa shape index (κ1) is 31.6. The van der Waals surface area contributed by atoms with Crippen molar-refractivity contribution in [1.29, 1.82) is 0 Å². The highest BCUT2D eigenvalue weighted by molar-refractivity contribution is 6.21. The van der Waals surface area contributed by atoms with Gasteiger partial charge in [0.1, 0.15) is 11.2 Å². The molecule has 0 aliphatic heterocycles. The maximum atomic E-state index is 6.48. The molecule has 10 rings (SSSR count). The number of nitrogens with zero attached hydrogens (tertiary/aromatic N) is 1. The Balaban J connectivity index is 1.17. The lowest BCUT2D eigenvalue weighted by molar-refractivity contribution is 0.669. The minimum atomic E-state index is 0.897. The van der Waals surface area contributed by atoms with Crippen LogP contribution in [0.2, 0.25) is 0 Å². The third-order valence-electron chi connectivity index (χ3n) is 10.4. The molecule has 0 aliphatic carbocycles. The van der Waals surface area contributed by atoms with Crippen LogP contribution in [0.1, 0.15) is 0 Å². The number of benzene rings is 9. The minimum absolute atomic E-state index is 0.897. The molecule has 0 saturated carbocycles. The van der Waals surface area contributed by atoms with E-state index in [0.29, 0.717) is 0 Å². The van der Waals surface area contributed by atoms with E-state index in [-0.39, 0.29) is 0 Å². The number of furan rings is 1. The standard InChI is InChI=1S/C52H35NO/c1-4-15-36(16-5-1)37-27-29-38(30-28-37)40-20-14-23-44(33-40)53(43-21-8-3-9-22-43)48-32-31-42(34-47(48)39-17-6-2-7-18-39)51-45-24-11-10-19-41(45)35-50-52(51)46-25-12-13-26-49(46)54-50/h1-35H. The van der Waals surface area contributed by atoms with Crippen LogP contribution >= 0.6 is 0 Å². The Bertz CT molecular complexity index is 2910. The van der Waals surface area contributed by atoms with Crippen LogP contribution in [-0.2, 0) is 0 Å². The molecule has 10 aromatic rings. The summed E-state index contributed by atoms with van der Waals surface area (Å²) in [6.45, 7) is 0. The molecule has 0 N–H and O–H groups in total. The molecule has 54 heavy (non-hydrogen) atoms. The molecule has 0 spiro atoms. The van der Waals surface area contributed by atoms with Crippen molar-refractivity contribution in [3.63, 3.8) is 0 Å². The molecule has 0 amide bonds. The van der Waals surface area contributed by atoms with Gasteiger partial charge in [-0.25, -0.2) is 0 Å². The second kappa shape index (κ2) is 13.4. The van der Waals surface area contributed by atoms with E-state index in [2.05, 4.69) is 211 Å². The van der Waals surface area contributed by atoms with Crippen molar-refractivity contribution < 1.29 is 4.42 Å². The quantitative estimate of drug-likeness (QED) is 0.166. The highest BCUT2D eigenvalue weighted by atomic mass is 16.3. The molecular formula is C52H35NO. The molecular weight excluding hydrogens is 655 g/mol. The zero-order chi connectivity index (χ0) is 35.8. The van der Waals surface area contributed by atoms with E-state index in [1.54, 1.807) is 0 Å². The van der Waals surface area contributed by atoms with E-state index in [4.69, 9.17) is 4.42 Å². The van der Waals surface area contributed by atoms with Crippen LogP contribution in [0.15, 0.2) is 217 Å². The molecule has 0 unspecified atom stereocenters. The van der Waals surface area contributed by atoms with Gasteiger partial charge >= 0.3 is 0 Å². The van der Waals surface area contributed by atoms with E-state index < -0.39 is 0 Å². The van der Waals surface area contributed by atoms with Crippen LogP contribution in [0, 0.1) is 0 Å². The van der Waals surface area contributed by atoms with Gasteiger partial charge in [0, 0.05) is 33.3 Å². The molecule has 1 aromatic heterocycles. The van der Waals surface area contributed by atoms with Crippen molar-refractivity contribution >= 4 is 49.8 Å². The van der Waals surface area contributed by atoms with Gasteiger partial charge in [-0.3, -0.25) is 0 Å². The summed E-state index contributed by atoms with van der Waals surface area (Å²) in [6, 6.07) is 75.9. The Kier molecular flexibility index (Phi) is 7.85. The molecule has 2 heteroatoms. The first-order chi connectivity index (χ1) is 26.8. The zero-order valence-corrected chi connectivity index (χ0v) is 29.6. The van der Waals surface area contributed by atoms with Crippen molar-refractivity contribution in [2.75, 3.05) is 4.90 Å². The fraction of sp³-hybridized carbons (Fsp3) is 0. The molecule has 0 fully saturated rings. The molecule has 0 saturated heterocycles. The smallest absolute Gasteiger partial charge is 0.136 e. The second-order valence-electron chi connectivity index (χ2n) is 13.7. The Hall–Kier alpha value is -7.16. The first-order valence-corrected chi connectivity index (χ1v) is 18.4.